The molecule has 10 heteroatoms. The van der Waals surface area contributed by atoms with Crippen LogP contribution in [0.1, 0.15) is 48.1 Å². The monoisotopic (exact) mass is 621 g/mol. The molecule has 5 rings (SSSR count). The third-order valence-corrected chi connectivity index (χ3v) is 8.64. The van der Waals surface area contributed by atoms with Crippen molar-refractivity contribution in [3.8, 4) is 0 Å². The molecular formula is C35H41F2N3O5. The minimum atomic E-state index is -0.824. The fraction of sp³-hybridized carbons (Fsp3) is 0.429. The molecule has 2 N–H and O–H groups in total. The molecule has 2 amide bonds. The topological polar surface area (TPSA) is 91.3 Å². The van der Waals surface area contributed by atoms with Crippen LogP contribution in [-0.2, 0) is 25.5 Å². The highest BCUT2D eigenvalue weighted by Crippen LogP contribution is 2.46. The SMILES string of the molecule is CN(C)CCNC(=O)COC1(CCc2ccc(C3C(CCC(O)c4ccc(F)cc4)C(=O)N3c3ccc(F)cc3)cc2)COC1. The molecule has 45 heavy (non-hydrogen) atoms. The largest absolute Gasteiger partial charge is 0.388 e. The van der Waals surface area contributed by atoms with Crippen molar-refractivity contribution in [2.75, 3.05) is 51.9 Å². The maximum absolute atomic E-state index is 13.7. The third-order valence-electron chi connectivity index (χ3n) is 8.64. The maximum atomic E-state index is 13.7. The van der Waals surface area contributed by atoms with Crippen LogP contribution >= 0.6 is 0 Å². The van der Waals surface area contributed by atoms with Gasteiger partial charge in [0.2, 0.25) is 11.8 Å². The molecule has 2 fully saturated rings. The summed E-state index contributed by atoms with van der Waals surface area (Å²) in [6.07, 6.45) is 1.38. The van der Waals surface area contributed by atoms with Crippen LogP contribution in [0.2, 0.25) is 0 Å². The zero-order chi connectivity index (χ0) is 32.0. The van der Waals surface area contributed by atoms with Crippen LogP contribution < -0.4 is 10.2 Å². The molecule has 0 spiro atoms. The van der Waals surface area contributed by atoms with Crippen molar-refractivity contribution in [3.63, 3.8) is 0 Å². The molecule has 3 aromatic rings. The van der Waals surface area contributed by atoms with Gasteiger partial charge in [-0.3, -0.25) is 9.59 Å². The van der Waals surface area contributed by atoms with Crippen LogP contribution in [-0.4, -0.2) is 74.4 Å². The van der Waals surface area contributed by atoms with E-state index in [1.54, 1.807) is 29.2 Å². The Morgan fingerprint density at radius 3 is 2.29 bits per heavy atom. The van der Waals surface area contributed by atoms with E-state index < -0.39 is 11.7 Å². The molecule has 3 aromatic carbocycles. The fourth-order valence-electron chi connectivity index (χ4n) is 5.86. The number of carbonyl (C=O) groups excluding carboxylic acids is 2. The number of likely N-dealkylation sites (N-methyl/N-ethyl adjacent to an activating group) is 1. The van der Waals surface area contributed by atoms with Crippen molar-refractivity contribution in [1.29, 1.82) is 0 Å². The molecular weight excluding hydrogens is 580 g/mol. The first-order valence-corrected chi connectivity index (χ1v) is 15.4. The first kappa shape index (κ1) is 32.7. The Hall–Kier alpha value is -3.70. The van der Waals surface area contributed by atoms with E-state index in [0.717, 1.165) is 24.1 Å². The van der Waals surface area contributed by atoms with Gasteiger partial charge in [-0.25, -0.2) is 8.78 Å². The maximum Gasteiger partial charge on any atom is 0.246 e. The van der Waals surface area contributed by atoms with Gasteiger partial charge in [0.15, 0.2) is 0 Å². The van der Waals surface area contributed by atoms with Crippen LogP contribution in [0.15, 0.2) is 72.8 Å². The van der Waals surface area contributed by atoms with E-state index in [9.17, 15) is 23.5 Å². The Bertz CT molecular complexity index is 1430. The van der Waals surface area contributed by atoms with Crippen LogP contribution in [0, 0.1) is 17.6 Å². The highest BCUT2D eigenvalue weighted by atomic mass is 19.1. The predicted octanol–water partition coefficient (Wildman–Crippen LogP) is 4.58. The molecule has 8 nitrogen and oxygen atoms in total. The minimum absolute atomic E-state index is 0.0120. The second-order valence-corrected chi connectivity index (χ2v) is 12.2. The van der Waals surface area contributed by atoms with E-state index >= 15 is 0 Å². The van der Waals surface area contributed by atoms with Crippen molar-refractivity contribution in [3.05, 3.63) is 101 Å². The highest BCUT2D eigenvalue weighted by molar-refractivity contribution is 6.03. The second kappa shape index (κ2) is 14.6. The zero-order valence-corrected chi connectivity index (χ0v) is 25.8. The van der Waals surface area contributed by atoms with Crippen LogP contribution in [0.5, 0.6) is 0 Å². The van der Waals surface area contributed by atoms with Gasteiger partial charge in [0.05, 0.1) is 31.3 Å². The summed E-state index contributed by atoms with van der Waals surface area (Å²) in [4.78, 5) is 29.3. The number of hydrogen-bond acceptors (Lipinski definition) is 6. The van der Waals surface area contributed by atoms with Crippen molar-refractivity contribution in [2.45, 2.75) is 43.4 Å². The number of aryl methyl sites for hydroxylation is 1. The Balaban J connectivity index is 1.22. The number of aliphatic hydroxyl groups excluding tert-OH is 1. The lowest BCUT2D eigenvalue weighted by molar-refractivity contribution is -0.212. The minimum Gasteiger partial charge on any atom is -0.388 e. The third kappa shape index (κ3) is 8.12. The van der Waals surface area contributed by atoms with E-state index in [4.69, 9.17) is 9.47 Å². The summed E-state index contributed by atoms with van der Waals surface area (Å²) in [7, 11) is 3.90. The predicted molar refractivity (Wildman–Crippen MR) is 167 cm³/mol. The van der Waals surface area contributed by atoms with Crippen LogP contribution in [0.4, 0.5) is 14.5 Å². The second-order valence-electron chi connectivity index (χ2n) is 12.2. The number of halogens is 2. The number of aliphatic hydroxyl groups is 1. The summed E-state index contributed by atoms with van der Waals surface area (Å²) in [5.41, 5.74) is 2.75. The standard InChI is InChI=1S/C35H41F2N3O5/c1-39(2)20-19-38-32(42)21-45-35(22-44-23-35)18-17-24-3-5-26(6-4-24)33-30(15-16-31(41)25-7-9-27(36)10-8-25)34(43)40(33)29-13-11-28(37)12-14-29/h3-14,30-31,33,41H,15-23H2,1-2H3,(H,38,42). The summed E-state index contributed by atoms with van der Waals surface area (Å²) in [5.74, 6) is -1.36. The van der Waals surface area contributed by atoms with Crippen molar-refractivity contribution in [2.24, 2.45) is 5.92 Å². The zero-order valence-electron chi connectivity index (χ0n) is 25.8. The molecule has 0 saturated carbocycles. The molecule has 0 aromatic heterocycles. The number of hydrogen-bond donors (Lipinski definition) is 2. The van der Waals surface area contributed by atoms with Gasteiger partial charge in [0.1, 0.15) is 23.8 Å². The Kier molecular flexibility index (Phi) is 10.6. The lowest BCUT2D eigenvalue weighted by Crippen LogP contribution is -2.55. The fourth-order valence-corrected chi connectivity index (χ4v) is 5.86. The highest BCUT2D eigenvalue weighted by Gasteiger charge is 2.48. The number of nitrogens with zero attached hydrogens (tertiary/aromatic N) is 2. The normalized spacial score (nSPS) is 19.6. The van der Waals surface area contributed by atoms with E-state index in [-0.39, 0.29) is 42.0 Å². The molecule has 0 radical (unpaired) electrons. The molecule has 3 atom stereocenters. The smallest absolute Gasteiger partial charge is 0.246 e. The summed E-state index contributed by atoms with van der Waals surface area (Å²) in [6, 6.07) is 19.4. The Morgan fingerprint density at radius 1 is 1.04 bits per heavy atom. The van der Waals surface area contributed by atoms with Gasteiger partial charge in [-0.15, -0.1) is 0 Å². The number of β-lactam (4-membered cyclic amide) rings is 1. The van der Waals surface area contributed by atoms with E-state index in [1.807, 2.05) is 43.3 Å². The molecule has 0 aliphatic carbocycles. The van der Waals surface area contributed by atoms with Gasteiger partial charge in [-0.2, -0.15) is 0 Å². The number of ether oxygens (including phenoxy) is 2. The summed E-state index contributed by atoms with van der Waals surface area (Å²) in [5, 5.41) is 13.6. The van der Waals surface area contributed by atoms with E-state index in [1.165, 1.54) is 24.3 Å². The van der Waals surface area contributed by atoms with Crippen LogP contribution in [0.3, 0.4) is 0 Å². The lowest BCUT2D eigenvalue weighted by Gasteiger charge is -2.48. The number of rotatable bonds is 15. The molecule has 240 valence electrons. The van der Waals surface area contributed by atoms with Crippen molar-refractivity contribution >= 4 is 17.5 Å². The average Bonchev–Trinajstić information content (AvgIpc) is 3.00. The number of carbonyl (C=O) groups is 2. The Labute approximate surface area is 262 Å². The van der Waals surface area contributed by atoms with Gasteiger partial charge >= 0.3 is 0 Å². The van der Waals surface area contributed by atoms with Gasteiger partial charge < -0.3 is 29.7 Å². The summed E-state index contributed by atoms with van der Waals surface area (Å²) < 4.78 is 38.5. The number of amides is 2. The molecule has 2 heterocycles. The lowest BCUT2D eigenvalue weighted by atomic mass is 9.78. The summed E-state index contributed by atoms with van der Waals surface area (Å²) >= 11 is 0. The molecule has 2 aliphatic rings. The van der Waals surface area contributed by atoms with E-state index in [0.29, 0.717) is 50.3 Å². The first-order chi connectivity index (χ1) is 21.6. The molecule has 3 unspecified atom stereocenters. The van der Waals surface area contributed by atoms with E-state index in [2.05, 4.69) is 5.32 Å². The van der Waals surface area contributed by atoms with Crippen molar-refractivity contribution < 1.29 is 33.0 Å². The molecule has 2 saturated heterocycles. The number of benzene rings is 3. The van der Waals surface area contributed by atoms with Gasteiger partial charge in [-0.1, -0.05) is 36.4 Å². The Morgan fingerprint density at radius 2 is 1.69 bits per heavy atom. The summed E-state index contributed by atoms with van der Waals surface area (Å²) in [6.45, 7) is 2.19. The first-order valence-electron chi connectivity index (χ1n) is 15.4. The van der Waals surface area contributed by atoms with Gasteiger partial charge in [0.25, 0.3) is 0 Å². The number of anilines is 1. The molecule has 0 bridgehead atoms. The van der Waals surface area contributed by atoms with Crippen LogP contribution in [0.25, 0.3) is 0 Å². The quantitative estimate of drug-likeness (QED) is 0.242. The average molecular weight is 622 g/mol. The van der Waals surface area contributed by atoms with Gasteiger partial charge in [-0.05, 0) is 92.9 Å². The molecule has 2 aliphatic heterocycles. The number of nitrogens with one attached hydrogen (secondary N) is 1. The van der Waals surface area contributed by atoms with Crippen molar-refractivity contribution in [1.82, 2.24) is 10.2 Å². The van der Waals surface area contributed by atoms with Gasteiger partial charge in [0, 0.05) is 18.8 Å².